The molecule has 1 heterocycles. The number of rotatable bonds is 5. The van der Waals surface area contributed by atoms with E-state index in [0.717, 1.165) is 13.0 Å². The van der Waals surface area contributed by atoms with Crippen molar-refractivity contribution in [1.82, 2.24) is 4.98 Å². The first kappa shape index (κ1) is 14.0. The maximum atomic E-state index is 10.7. The van der Waals surface area contributed by atoms with Gasteiger partial charge >= 0.3 is 0 Å². The second kappa shape index (κ2) is 6.14. The summed E-state index contributed by atoms with van der Waals surface area (Å²) in [5.41, 5.74) is 3.17. The van der Waals surface area contributed by atoms with Gasteiger partial charge in [-0.15, -0.1) is 0 Å². The van der Waals surface area contributed by atoms with Gasteiger partial charge in [0, 0.05) is 12.1 Å². The molecule has 5 heteroatoms. The van der Waals surface area contributed by atoms with Crippen molar-refractivity contribution < 1.29 is 4.92 Å². The molecule has 0 aliphatic rings. The summed E-state index contributed by atoms with van der Waals surface area (Å²) >= 11 is 0. The average molecular weight is 271 g/mol. The van der Waals surface area contributed by atoms with E-state index < -0.39 is 4.92 Å². The maximum absolute atomic E-state index is 10.7. The van der Waals surface area contributed by atoms with Crippen LogP contribution < -0.4 is 5.32 Å². The molecular weight excluding hydrogens is 254 g/mol. The molecule has 0 aliphatic carbocycles. The largest absolute Gasteiger partial charge is 0.370 e. The van der Waals surface area contributed by atoms with Gasteiger partial charge in [-0.05, 0) is 31.9 Å². The normalized spacial score (nSPS) is 10.3. The Morgan fingerprint density at radius 3 is 2.75 bits per heavy atom. The van der Waals surface area contributed by atoms with Crippen molar-refractivity contribution in [2.75, 3.05) is 11.9 Å². The third kappa shape index (κ3) is 3.54. The first-order valence-corrected chi connectivity index (χ1v) is 6.47. The first-order valence-electron chi connectivity index (χ1n) is 6.47. The Morgan fingerprint density at radius 2 is 2.10 bits per heavy atom. The van der Waals surface area contributed by atoms with Gasteiger partial charge in [0.1, 0.15) is 12.0 Å². The van der Waals surface area contributed by atoms with Gasteiger partial charge < -0.3 is 5.32 Å². The summed E-state index contributed by atoms with van der Waals surface area (Å²) in [6.07, 6.45) is 2.18. The van der Waals surface area contributed by atoms with E-state index in [1.54, 1.807) is 13.0 Å². The van der Waals surface area contributed by atoms with Crippen LogP contribution in [0.3, 0.4) is 0 Å². The molecule has 5 nitrogen and oxygen atoms in total. The fraction of sp³-hybridized carbons (Fsp3) is 0.267. The van der Waals surface area contributed by atoms with Gasteiger partial charge in [0.25, 0.3) is 5.69 Å². The highest BCUT2D eigenvalue weighted by Crippen LogP contribution is 2.18. The van der Waals surface area contributed by atoms with Crippen molar-refractivity contribution in [2.45, 2.75) is 20.3 Å². The molecule has 1 N–H and O–H groups in total. The minimum atomic E-state index is -0.418. The zero-order valence-electron chi connectivity index (χ0n) is 11.6. The standard InChI is InChI=1S/C15H17N3O2/c1-11-4-3-5-13(8-11)6-7-16-15-9-12(2)14(10-17-15)18(19)20/h3-5,8-10H,6-7H2,1-2H3,(H,16,17). The molecule has 0 saturated carbocycles. The van der Waals surface area contributed by atoms with E-state index in [0.29, 0.717) is 11.4 Å². The van der Waals surface area contributed by atoms with E-state index >= 15 is 0 Å². The minimum Gasteiger partial charge on any atom is -0.370 e. The number of benzene rings is 1. The monoisotopic (exact) mass is 271 g/mol. The second-order valence-corrected chi connectivity index (χ2v) is 4.78. The lowest BCUT2D eigenvalue weighted by Crippen LogP contribution is -2.07. The van der Waals surface area contributed by atoms with Gasteiger partial charge in [-0.3, -0.25) is 10.1 Å². The first-order chi connectivity index (χ1) is 9.56. The summed E-state index contributed by atoms with van der Waals surface area (Å²) in [6, 6.07) is 10.0. The lowest BCUT2D eigenvalue weighted by atomic mass is 10.1. The predicted octanol–water partition coefficient (Wildman–Crippen LogP) is 3.26. The molecule has 0 unspecified atom stereocenters. The molecule has 0 aliphatic heterocycles. The fourth-order valence-corrected chi connectivity index (χ4v) is 2.04. The van der Waals surface area contributed by atoms with Crippen LogP contribution in [0.4, 0.5) is 11.5 Å². The molecule has 0 radical (unpaired) electrons. The van der Waals surface area contributed by atoms with Crippen LogP contribution in [-0.4, -0.2) is 16.5 Å². The Morgan fingerprint density at radius 1 is 1.30 bits per heavy atom. The molecule has 0 bridgehead atoms. The summed E-state index contributed by atoms with van der Waals surface area (Å²) in [4.78, 5) is 14.3. The smallest absolute Gasteiger partial charge is 0.290 e. The number of pyridine rings is 1. The van der Waals surface area contributed by atoms with Crippen LogP contribution in [0.5, 0.6) is 0 Å². The van der Waals surface area contributed by atoms with Crippen molar-refractivity contribution in [1.29, 1.82) is 0 Å². The highest BCUT2D eigenvalue weighted by atomic mass is 16.6. The molecule has 0 fully saturated rings. The Kier molecular flexibility index (Phi) is 4.30. The van der Waals surface area contributed by atoms with Gasteiger partial charge in [-0.1, -0.05) is 29.8 Å². The van der Waals surface area contributed by atoms with Crippen LogP contribution >= 0.6 is 0 Å². The number of aromatic nitrogens is 1. The number of nitro groups is 1. The molecule has 0 spiro atoms. The zero-order valence-corrected chi connectivity index (χ0v) is 11.6. The number of anilines is 1. The van der Waals surface area contributed by atoms with Crippen LogP contribution in [0.25, 0.3) is 0 Å². The molecule has 0 saturated heterocycles. The van der Waals surface area contributed by atoms with E-state index in [2.05, 4.69) is 35.4 Å². The molecule has 20 heavy (non-hydrogen) atoms. The van der Waals surface area contributed by atoms with Crippen LogP contribution in [-0.2, 0) is 6.42 Å². The number of nitrogens with zero attached hydrogens (tertiary/aromatic N) is 2. The Balaban J connectivity index is 1.94. The molecule has 2 aromatic rings. The van der Waals surface area contributed by atoms with Crippen LogP contribution in [0.15, 0.2) is 36.5 Å². The number of hydrogen-bond donors (Lipinski definition) is 1. The molecule has 0 amide bonds. The van der Waals surface area contributed by atoms with Crippen molar-refractivity contribution >= 4 is 11.5 Å². The number of nitrogens with one attached hydrogen (secondary N) is 1. The predicted molar refractivity (Wildman–Crippen MR) is 79.0 cm³/mol. The summed E-state index contributed by atoms with van der Waals surface area (Å²) in [6.45, 7) is 4.53. The highest BCUT2D eigenvalue weighted by Gasteiger charge is 2.10. The van der Waals surface area contributed by atoms with Crippen LogP contribution in [0.1, 0.15) is 16.7 Å². The van der Waals surface area contributed by atoms with E-state index in [1.807, 2.05) is 6.07 Å². The Hall–Kier alpha value is -2.43. The molecule has 104 valence electrons. The fourth-order valence-electron chi connectivity index (χ4n) is 2.04. The summed E-state index contributed by atoms with van der Waals surface area (Å²) < 4.78 is 0. The van der Waals surface area contributed by atoms with Crippen molar-refractivity contribution in [3.8, 4) is 0 Å². The molecule has 2 rings (SSSR count). The van der Waals surface area contributed by atoms with Crippen molar-refractivity contribution in [3.63, 3.8) is 0 Å². The van der Waals surface area contributed by atoms with Crippen LogP contribution in [0, 0.1) is 24.0 Å². The van der Waals surface area contributed by atoms with Gasteiger partial charge in [-0.2, -0.15) is 0 Å². The van der Waals surface area contributed by atoms with E-state index in [4.69, 9.17) is 0 Å². The molecule has 1 aromatic carbocycles. The quantitative estimate of drug-likeness (QED) is 0.669. The van der Waals surface area contributed by atoms with Gasteiger partial charge in [0.15, 0.2) is 0 Å². The van der Waals surface area contributed by atoms with Crippen molar-refractivity contribution in [2.24, 2.45) is 0 Å². The SMILES string of the molecule is Cc1cccc(CCNc2cc(C)c([N+](=O)[O-])cn2)c1. The third-order valence-corrected chi connectivity index (χ3v) is 3.08. The Bertz CT molecular complexity index is 626. The average Bonchev–Trinajstić information content (AvgIpc) is 2.38. The summed E-state index contributed by atoms with van der Waals surface area (Å²) in [7, 11) is 0. The molecule has 1 aromatic heterocycles. The van der Waals surface area contributed by atoms with Gasteiger partial charge in [-0.25, -0.2) is 4.98 Å². The maximum Gasteiger partial charge on any atom is 0.290 e. The topological polar surface area (TPSA) is 68.1 Å². The van der Waals surface area contributed by atoms with Crippen molar-refractivity contribution in [3.05, 3.63) is 63.3 Å². The third-order valence-electron chi connectivity index (χ3n) is 3.08. The zero-order chi connectivity index (χ0) is 14.5. The van der Waals surface area contributed by atoms with E-state index in [1.165, 1.54) is 17.3 Å². The van der Waals surface area contributed by atoms with Crippen LogP contribution in [0.2, 0.25) is 0 Å². The summed E-state index contributed by atoms with van der Waals surface area (Å²) in [5, 5.41) is 13.9. The number of aryl methyl sites for hydroxylation is 2. The lowest BCUT2D eigenvalue weighted by molar-refractivity contribution is -0.385. The highest BCUT2D eigenvalue weighted by molar-refractivity contribution is 5.46. The lowest BCUT2D eigenvalue weighted by Gasteiger charge is -2.07. The Labute approximate surface area is 117 Å². The van der Waals surface area contributed by atoms with Gasteiger partial charge in [0.05, 0.1) is 4.92 Å². The minimum absolute atomic E-state index is 0.0502. The van der Waals surface area contributed by atoms with Gasteiger partial charge in [0.2, 0.25) is 0 Å². The van der Waals surface area contributed by atoms with E-state index in [9.17, 15) is 10.1 Å². The molecule has 0 atom stereocenters. The molecular formula is C15H17N3O2. The summed E-state index contributed by atoms with van der Waals surface area (Å²) in [5.74, 6) is 0.667. The van der Waals surface area contributed by atoms with E-state index in [-0.39, 0.29) is 5.69 Å². The second-order valence-electron chi connectivity index (χ2n) is 4.78. The number of hydrogen-bond acceptors (Lipinski definition) is 4.